The van der Waals surface area contributed by atoms with E-state index in [0.717, 1.165) is 33.0 Å². The molecule has 0 aliphatic carbocycles. The van der Waals surface area contributed by atoms with Gasteiger partial charge >= 0.3 is 0 Å². The second-order valence-electron chi connectivity index (χ2n) is 4.92. The fourth-order valence-electron chi connectivity index (χ4n) is 2.32. The van der Waals surface area contributed by atoms with Crippen molar-refractivity contribution in [3.8, 4) is 11.3 Å². The van der Waals surface area contributed by atoms with Crippen molar-refractivity contribution < 1.29 is 0 Å². The summed E-state index contributed by atoms with van der Waals surface area (Å²) in [6, 6.07) is 16.0. The lowest BCUT2D eigenvalue weighted by Gasteiger charge is -1.96. The summed E-state index contributed by atoms with van der Waals surface area (Å²) in [5, 5.41) is 7.04. The highest BCUT2D eigenvalue weighted by Crippen LogP contribution is 2.24. The Morgan fingerprint density at radius 1 is 1.09 bits per heavy atom. The molecule has 112 valence electrons. The van der Waals surface area contributed by atoms with Crippen molar-refractivity contribution in [1.82, 2.24) is 15.0 Å². The number of para-hydroxylation sites is 1. The lowest BCUT2D eigenvalue weighted by molar-refractivity contribution is 1.29. The van der Waals surface area contributed by atoms with Gasteiger partial charge in [0.05, 0.1) is 29.3 Å². The Balaban J connectivity index is 1.51. The highest BCUT2D eigenvalue weighted by Gasteiger charge is 2.03. The standard InChI is InChI=1S/C17H13N5S/c1-2-5-12(6-3-1)15-10-23-17(21-15)22-20-9-13-7-4-8-14-16(13)19-11-18-14/h1-11H,(H,18,19)(H,21,22). The molecule has 0 radical (unpaired) electrons. The quantitative estimate of drug-likeness (QED) is 0.439. The van der Waals surface area contributed by atoms with E-state index < -0.39 is 0 Å². The number of anilines is 1. The molecule has 0 aliphatic heterocycles. The number of aromatic amines is 1. The Kier molecular flexibility index (Phi) is 3.57. The summed E-state index contributed by atoms with van der Waals surface area (Å²) in [5.74, 6) is 0. The molecule has 0 saturated heterocycles. The zero-order chi connectivity index (χ0) is 15.5. The monoisotopic (exact) mass is 319 g/mol. The van der Waals surface area contributed by atoms with E-state index in [1.54, 1.807) is 12.5 Å². The molecular formula is C17H13N5S. The van der Waals surface area contributed by atoms with Gasteiger partial charge in [0.15, 0.2) is 0 Å². The fraction of sp³-hybridized carbons (Fsp3) is 0. The van der Waals surface area contributed by atoms with E-state index in [9.17, 15) is 0 Å². The third-order valence-corrected chi connectivity index (χ3v) is 4.17. The van der Waals surface area contributed by atoms with Crippen molar-refractivity contribution in [2.24, 2.45) is 5.10 Å². The van der Waals surface area contributed by atoms with Crippen LogP contribution in [0.5, 0.6) is 0 Å². The molecule has 2 N–H and O–H groups in total. The first-order valence-corrected chi connectivity index (χ1v) is 8.00. The second kappa shape index (κ2) is 6.02. The average molecular weight is 319 g/mol. The lowest BCUT2D eigenvalue weighted by Crippen LogP contribution is -1.91. The number of hydrazone groups is 1. The van der Waals surface area contributed by atoms with E-state index in [0.29, 0.717) is 0 Å². The summed E-state index contributed by atoms with van der Waals surface area (Å²) in [6.07, 6.45) is 3.44. The Morgan fingerprint density at radius 2 is 2.00 bits per heavy atom. The number of thiazole rings is 1. The van der Waals surface area contributed by atoms with Crippen LogP contribution in [0.2, 0.25) is 0 Å². The van der Waals surface area contributed by atoms with E-state index in [1.807, 2.05) is 53.9 Å². The van der Waals surface area contributed by atoms with Crippen LogP contribution in [0.4, 0.5) is 5.13 Å². The molecule has 0 amide bonds. The van der Waals surface area contributed by atoms with Gasteiger partial charge in [0, 0.05) is 16.5 Å². The zero-order valence-electron chi connectivity index (χ0n) is 12.1. The summed E-state index contributed by atoms with van der Waals surface area (Å²) < 4.78 is 0. The molecule has 5 nitrogen and oxygen atoms in total. The lowest BCUT2D eigenvalue weighted by atomic mass is 10.2. The van der Waals surface area contributed by atoms with Crippen molar-refractivity contribution in [1.29, 1.82) is 0 Å². The van der Waals surface area contributed by atoms with Crippen molar-refractivity contribution in [2.45, 2.75) is 0 Å². The smallest absolute Gasteiger partial charge is 0.203 e. The topological polar surface area (TPSA) is 66.0 Å². The molecule has 0 spiro atoms. The van der Waals surface area contributed by atoms with Crippen molar-refractivity contribution >= 4 is 33.7 Å². The second-order valence-corrected chi connectivity index (χ2v) is 5.78. The number of aromatic nitrogens is 3. The maximum absolute atomic E-state index is 4.54. The van der Waals surface area contributed by atoms with Crippen LogP contribution in [-0.4, -0.2) is 21.2 Å². The van der Waals surface area contributed by atoms with Gasteiger partial charge in [-0.15, -0.1) is 11.3 Å². The first-order chi connectivity index (χ1) is 11.4. The minimum absolute atomic E-state index is 0.759. The van der Waals surface area contributed by atoms with Gasteiger partial charge in [0.25, 0.3) is 0 Å². The van der Waals surface area contributed by atoms with Gasteiger partial charge in [0.2, 0.25) is 5.13 Å². The summed E-state index contributed by atoms with van der Waals surface area (Å²) in [7, 11) is 0. The molecule has 0 unspecified atom stereocenters. The van der Waals surface area contributed by atoms with Crippen LogP contribution in [0.15, 0.2) is 65.3 Å². The minimum atomic E-state index is 0.759. The predicted octanol–water partition coefficient (Wildman–Crippen LogP) is 4.13. The maximum Gasteiger partial charge on any atom is 0.203 e. The number of H-pyrrole nitrogens is 1. The Morgan fingerprint density at radius 3 is 2.91 bits per heavy atom. The van der Waals surface area contributed by atoms with Crippen molar-refractivity contribution in [3.05, 3.63) is 65.8 Å². The van der Waals surface area contributed by atoms with Crippen LogP contribution >= 0.6 is 11.3 Å². The molecule has 0 bridgehead atoms. The fourth-order valence-corrected chi connectivity index (χ4v) is 2.98. The molecule has 0 atom stereocenters. The molecule has 23 heavy (non-hydrogen) atoms. The first kappa shape index (κ1) is 13.7. The number of nitrogens with zero attached hydrogens (tertiary/aromatic N) is 3. The van der Waals surface area contributed by atoms with Crippen LogP contribution in [0.1, 0.15) is 5.56 Å². The van der Waals surface area contributed by atoms with E-state index in [4.69, 9.17) is 0 Å². The third kappa shape index (κ3) is 2.84. The van der Waals surface area contributed by atoms with E-state index >= 15 is 0 Å². The number of benzene rings is 2. The molecule has 6 heteroatoms. The molecular weight excluding hydrogens is 306 g/mol. The third-order valence-electron chi connectivity index (χ3n) is 3.42. The summed E-state index contributed by atoms with van der Waals surface area (Å²) in [4.78, 5) is 11.9. The van der Waals surface area contributed by atoms with Crippen LogP contribution in [0, 0.1) is 0 Å². The molecule has 2 aromatic heterocycles. The number of hydrogen-bond acceptors (Lipinski definition) is 5. The Labute approximate surface area is 136 Å². The van der Waals surface area contributed by atoms with Gasteiger partial charge in [0.1, 0.15) is 0 Å². The first-order valence-electron chi connectivity index (χ1n) is 7.12. The zero-order valence-corrected chi connectivity index (χ0v) is 12.9. The number of fused-ring (bicyclic) bond motifs is 1. The van der Waals surface area contributed by atoms with Crippen molar-refractivity contribution in [2.75, 3.05) is 5.43 Å². The highest BCUT2D eigenvalue weighted by atomic mass is 32.1. The largest absolute Gasteiger partial charge is 0.345 e. The highest BCUT2D eigenvalue weighted by molar-refractivity contribution is 7.14. The van der Waals surface area contributed by atoms with Gasteiger partial charge in [-0.2, -0.15) is 5.10 Å². The van der Waals surface area contributed by atoms with Gasteiger partial charge in [-0.05, 0) is 6.07 Å². The average Bonchev–Trinajstić information content (AvgIpc) is 3.25. The van der Waals surface area contributed by atoms with Crippen LogP contribution < -0.4 is 5.43 Å². The molecule has 4 rings (SSSR count). The van der Waals surface area contributed by atoms with Gasteiger partial charge in [-0.1, -0.05) is 42.5 Å². The SMILES string of the molecule is C(=NNc1nc(-c2ccccc2)cs1)c1cccc2[nH]cnc12. The molecule has 2 aromatic carbocycles. The van der Waals surface area contributed by atoms with Gasteiger partial charge in [-0.3, -0.25) is 5.43 Å². The van der Waals surface area contributed by atoms with Gasteiger partial charge < -0.3 is 4.98 Å². The van der Waals surface area contributed by atoms with Crippen LogP contribution in [0.25, 0.3) is 22.3 Å². The molecule has 2 heterocycles. The van der Waals surface area contributed by atoms with Crippen molar-refractivity contribution in [3.63, 3.8) is 0 Å². The Hall–Kier alpha value is -2.99. The normalized spacial score (nSPS) is 11.3. The van der Waals surface area contributed by atoms with Crippen LogP contribution in [0.3, 0.4) is 0 Å². The summed E-state index contributed by atoms with van der Waals surface area (Å²) >= 11 is 1.53. The predicted molar refractivity (Wildman–Crippen MR) is 94.9 cm³/mol. The van der Waals surface area contributed by atoms with Gasteiger partial charge in [-0.25, -0.2) is 9.97 Å². The van der Waals surface area contributed by atoms with E-state index in [2.05, 4.69) is 25.5 Å². The number of rotatable bonds is 4. The number of imidazole rings is 1. The minimum Gasteiger partial charge on any atom is -0.345 e. The molecule has 4 aromatic rings. The van der Waals surface area contributed by atoms with E-state index in [-0.39, 0.29) is 0 Å². The van der Waals surface area contributed by atoms with E-state index in [1.165, 1.54) is 11.3 Å². The molecule has 0 aliphatic rings. The number of nitrogens with one attached hydrogen (secondary N) is 2. The summed E-state index contributed by atoms with van der Waals surface area (Å²) in [6.45, 7) is 0. The van der Waals surface area contributed by atoms with Crippen LogP contribution in [-0.2, 0) is 0 Å². The molecule has 0 fully saturated rings. The molecule has 0 saturated carbocycles. The maximum atomic E-state index is 4.54. The Bertz CT molecular complexity index is 955. The number of hydrogen-bond donors (Lipinski definition) is 2. The summed E-state index contributed by atoms with van der Waals surface area (Å²) in [5.41, 5.74) is 7.88.